The fourth-order valence-corrected chi connectivity index (χ4v) is 3.55. The molecule has 0 bridgehead atoms. The van der Waals surface area contributed by atoms with Gasteiger partial charge in [-0.05, 0) is 39.3 Å². The second-order valence-corrected chi connectivity index (χ2v) is 6.46. The van der Waals surface area contributed by atoms with Gasteiger partial charge in [-0.25, -0.2) is 4.98 Å². The van der Waals surface area contributed by atoms with Crippen molar-refractivity contribution < 1.29 is 0 Å². The number of aromatic nitrogens is 1. The smallest absolute Gasteiger partial charge is 0.0900 e. The first-order valence-corrected chi connectivity index (χ1v) is 7.63. The van der Waals surface area contributed by atoms with Gasteiger partial charge in [0, 0.05) is 22.0 Å². The van der Waals surface area contributed by atoms with Crippen molar-refractivity contribution in [2.45, 2.75) is 39.8 Å². The molecule has 0 spiro atoms. The number of thiazole rings is 1. The predicted octanol–water partition coefficient (Wildman–Crippen LogP) is 4.83. The van der Waals surface area contributed by atoms with Gasteiger partial charge in [0.2, 0.25) is 0 Å². The van der Waals surface area contributed by atoms with Crippen LogP contribution in [0.5, 0.6) is 0 Å². The van der Waals surface area contributed by atoms with Crippen LogP contribution in [0.25, 0.3) is 0 Å². The molecule has 0 saturated carbocycles. The largest absolute Gasteiger partial charge is 0.303 e. The third-order valence-corrected chi connectivity index (χ3v) is 4.80. The molecule has 1 N–H and O–H groups in total. The van der Waals surface area contributed by atoms with E-state index in [-0.39, 0.29) is 12.1 Å². The maximum Gasteiger partial charge on any atom is 0.0900 e. The topological polar surface area (TPSA) is 24.9 Å². The second-order valence-electron chi connectivity index (χ2n) is 4.81. The lowest BCUT2D eigenvalue weighted by Gasteiger charge is -2.20. The number of aryl methyl sites for hydroxylation is 2. The Morgan fingerprint density at radius 1 is 1.16 bits per heavy atom. The lowest BCUT2D eigenvalue weighted by molar-refractivity contribution is 0.498. The Kier molecular flexibility index (Phi) is 4.61. The highest BCUT2D eigenvalue weighted by Gasteiger charge is 2.17. The molecule has 0 radical (unpaired) electrons. The fourth-order valence-electron chi connectivity index (χ4n) is 2.32. The molecule has 2 rings (SSSR count). The molecule has 2 nitrogen and oxygen atoms in total. The maximum atomic E-state index is 6.23. The predicted molar refractivity (Wildman–Crippen MR) is 83.0 cm³/mol. The molecule has 102 valence electrons. The first-order chi connectivity index (χ1) is 8.99. The van der Waals surface area contributed by atoms with E-state index in [2.05, 4.69) is 37.1 Å². The Morgan fingerprint density at radius 3 is 2.42 bits per heavy atom. The van der Waals surface area contributed by atoms with Gasteiger partial charge in [0.1, 0.15) is 0 Å². The summed E-state index contributed by atoms with van der Waals surface area (Å²) in [5, 5.41) is 5.52. The van der Waals surface area contributed by atoms with Gasteiger partial charge in [0.05, 0.1) is 10.7 Å². The van der Waals surface area contributed by atoms with Gasteiger partial charge in [0.15, 0.2) is 0 Å². The Hall–Kier alpha value is -0.900. The van der Waals surface area contributed by atoms with Crippen molar-refractivity contribution in [2.75, 3.05) is 0 Å². The SMILES string of the molecule is Cc1nc(C)c(C(C)N[C@@H](C)c2ccccc2Cl)s1. The van der Waals surface area contributed by atoms with Crippen LogP contribution in [-0.2, 0) is 0 Å². The minimum atomic E-state index is 0.213. The van der Waals surface area contributed by atoms with Gasteiger partial charge in [-0.15, -0.1) is 11.3 Å². The van der Waals surface area contributed by atoms with Gasteiger partial charge in [-0.1, -0.05) is 29.8 Å². The van der Waals surface area contributed by atoms with E-state index < -0.39 is 0 Å². The summed E-state index contributed by atoms with van der Waals surface area (Å²) < 4.78 is 0. The summed E-state index contributed by atoms with van der Waals surface area (Å²) in [7, 11) is 0. The second kappa shape index (κ2) is 6.04. The van der Waals surface area contributed by atoms with Crippen molar-refractivity contribution in [3.05, 3.63) is 50.4 Å². The van der Waals surface area contributed by atoms with E-state index in [0.717, 1.165) is 21.3 Å². The first-order valence-electron chi connectivity index (χ1n) is 6.43. The van der Waals surface area contributed by atoms with Gasteiger partial charge in [-0.3, -0.25) is 0 Å². The van der Waals surface area contributed by atoms with Crippen LogP contribution in [-0.4, -0.2) is 4.98 Å². The van der Waals surface area contributed by atoms with E-state index in [0.29, 0.717) is 0 Å². The van der Waals surface area contributed by atoms with Gasteiger partial charge in [-0.2, -0.15) is 0 Å². The summed E-state index contributed by atoms with van der Waals surface area (Å²) in [6.07, 6.45) is 0. The van der Waals surface area contributed by atoms with E-state index in [1.165, 1.54) is 4.88 Å². The highest BCUT2D eigenvalue weighted by molar-refractivity contribution is 7.11. The zero-order valence-corrected chi connectivity index (χ0v) is 13.3. The molecule has 1 aromatic carbocycles. The van der Waals surface area contributed by atoms with Crippen LogP contribution in [0, 0.1) is 13.8 Å². The van der Waals surface area contributed by atoms with E-state index in [4.69, 9.17) is 11.6 Å². The third-order valence-electron chi connectivity index (χ3n) is 3.20. The lowest BCUT2D eigenvalue weighted by atomic mass is 10.1. The summed E-state index contributed by atoms with van der Waals surface area (Å²) in [4.78, 5) is 5.78. The molecule has 4 heteroatoms. The molecule has 1 unspecified atom stereocenters. The molecule has 1 aromatic heterocycles. The molecule has 0 amide bonds. The van der Waals surface area contributed by atoms with Crippen LogP contribution in [0.4, 0.5) is 0 Å². The Balaban J connectivity index is 2.13. The average molecular weight is 295 g/mol. The van der Waals surface area contributed by atoms with Crippen molar-refractivity contribution in [2.24, 2.45) is 0 Å². The van der Waals surface area contributed by atoms with Crippen molar-refractivity contribution in [1.29, 1.82) is 0 Å². The quantitative estimate of drug-likeness (QED) is 0.874. The molecule has 2 aromatic rings. The van der Waals surface area contributed by atoms with Crippen molar-refractivity contribution in [1.82, 2.24) is 10.3 Å². The van der Waals surface area contributed by atoms with Crippen LogP contribution in [0.1, 0.15) is 47.1 Å². The summed E-state index contributed by atoms with van der Waals surface area (Å²) in [6.45, 7) is 8.43. The highest BCUT2D eigenvalue weighted by atomic mass is 35.5. The third kappa shape index (κ3) is 3.35. The van der Waals surface area contributed by atoms with Gasteiger partial charge in [0.25, 0.3) is 0 Å². The summed E-state index contributed by atoms with van der Waals surface area (Å²) >= 11 is 7.99. The average Bonchev–Trinajstić information content (AvgIpc) is 2.69. The van der Waals surface area contributed by atoms with Crippen LogP contribution in [0.2, 0.25) is 5.02 Å². The number of nitrogens with one attached hydrogen (secondary N) is 1. The Morgan fingerprint density at radius 2 is 1.84 bits per heavy atom. The monoisotopic (exact) mass is 294 g/mol. The molecule has 0 saturated heterocycles. The van der Waals surface area contributed by atoms with Gasteiger partial charge >= 0.3 is 0 Å². The zero-order chi connectivity index (χ0) is 14.0. The maximum absolute atomic E-state index is 6.23. The normalized spacial score (nSPS) is 14.4. The summed E-state index contributed by atoms with van der Waals surface area (Å²) in [6, 6.07) is 8.47. The highest BCUT2D eigenvalue weighted by Crippen LogP contribution is 2.28. The number of benzene rings is 1. The zero-order valence-electron chi connectivity index (χ0n) is 11.7. The molecule has 0 aliphatic heterocycles. The minimum Gasteiger partial charge on any atom is -0.303 e. The Labute approximate surface area is 123 Å². The van der Waals surface area contributed by atoms with Crippen LogP contribution >= 0.6 is 22.9 Å². The molecular formula is C15H19ClN2S. The van der Waals surface area contributed by atoms with Crippen molar-refractivity contribution in [3.8, 4) is 0 Å². The van der Waals surface area contributed by atoms with Crippen LogP contribution in [0.3, 0.4) is 0 Å². The van der Waals surface area contributed by atoms with E-state index >= 15 is 0 Å². The minimum absolute atomic E-state index is 0.213. The van der Waals surface area contributed by atoms with E-state index in [9.17, 15) is 0 Å². The molecule has 19 heavy (non-hydrogen) atoms. The summed E-state index contributed by atoms with van der Waals surface area (Å²) in [5.74, 6) is 0. The van der Waals surface area contributed by atoms with Crippen molar-refractivity contribution >= 4 is 22.9 Å². The number of hydrogen-bond donors (Lipinski definition) is 1. The number of halogens is 1. The molecule has 0 fully saturated rings. The van der Waals surface area contributed by atoms with E-state index in [1.54, 1.807) is 11.3 Å². The lowest BCUT2D eigenvalue weighted by Crippen LogP contribution is -2.22. The number of rotatable bonds is 4. The molecule has 2 atom stereocenters. The molecule has 1 heterocycles. The number of hydrogen-bond acceptors (Lipinski definition) is 3. The van der Waals surface area contributed by atoms with Crippen LogP contribution < -0.4 is 5.32 Å². The summed E-state index contributed by atoms with van der Waals surface area (Å²) in [5.41, 5.74) is 2.25. The molecule has 0 aliphatic carbocycles. The van der Waals surface area contributed by atoms with Crippen molar-refractivity contribution in [3.63, 3.8) is 0 Å². The first kappa shape index (κ1) is 14.5. The molecular weight excluding hydrogens is 276 g/mol. The Bertz CT molecular complexity index is 565. The number of nitrogens with zero attached hydrogens (tertiary/aromatic N) is 1. The van der Waals surface area contributed by atoms with Crippen LogP contribution in [0.15, 0.2) is 24.3 Å². The van der Waals surface area contributed by atoms with E-state index in [1.807, 2.05) is 25.1 Å². The van der Waals surface area contributed by atoms with Gasteiger partial charge < -0.3 is 5.32 Å². The molecule has 0 aliphatic rings. The fraction of sp³-hybridized carbons (Fsp3) is 0.400. The standard InChI is InChI=1S/C15H19ClN2S/c1-9(13-7-5-6-8-14(13)16)17-10(2)15-11(3)18-12(4)19-15/h5-10,17H,1-4H3/t9-,10?/m0/s1.